The number of hydrogen-bond acceptors (Lipinski definition) is 4. The van der Waals surface area contributed by atoms with Crippen molar-refractivity contribution in [2.24, 2.45) is 5.92 Å². The first-order valence-electron chi connectivity index (χ1n) is 9.69. The maximum Gasteiger partial charge on any atom is 0.243 e. The predicted molar refractivity (Wildman–Crippen MR) is 109 cm³/mol. The minimum atomic E-state index is -3.63. The fourth-order valence-corrected chi connectivity index (χ4v) is 5.21. The van der Waals surface area contributed by atoms with E-state index in [4.69, 9.17) is 0 Å². The van der Waals surface area contributed by atoms with Crippen molar-refractivity contribution in [1.82, 2.24) is 9.29 Å². The number of rotatable bonds is 6. The van der Waals surface area contributed by atoms with Crippen LogP contribution in [0.1, 0.15) is 51.1 Å². The summed E-state index contributed by atoms with van der Waals surface area (Å²) in [7, 11) is -3.63. The van der Waals surface area contributed by atoms with E-state index < -0.39 is 10.0 Å². The monoisotopic (exact) mass is 401 g/mol. The van der Waals surface area contributed by atoms with Crippen LogP contribution in [0.2, 0.25) is 0 Å². The van der Waals surface area contributed by atoms with Crippen LogP contribution < -0.4 is 5.32 Å². The minimum absolute atomic E-state index is 0.0710. The van der Waals surface area contributed by atoms with Crippen LogP contribution in [-0.4, -0.2) is 30.2 Å². The molecule has 2 heterocycles. The highest BCUT2D eigenvalue weighted by Crippen LogP contribution is 2.35. The summed E-state index contributed by atoms with van der Waals surface area (Å²) in [6, 6.07) is 9.99. The van der Waals surface area contributed by atoms with Gasteiger partial charge in [-0.2, -0.15) is 4.31 Å². The van der Waals surface area contributed by atoms with Crippen LogP contribution in [0.25, 0.3) is 0 Å². The Balaban J connectivity index is 1.80. The van der Waals surface area contributed by atoms with E-state index in [1.807, 2.05) is 26.0 Å². The fourth-order valence-electron chi connectivity index (χ4n) is 3.53. The van der Waals surface area contributed by atoms with Gasteiger partial charge in [0, 0.05) is 31.0 Å². The summed E-state index contributed by atoms with van der Waals surface area (Å²) < 4.78 is 28.1. The summed E-state index contributed by atoms with van der Waals surface area (Å²) >= 11 is 0. The highest BCUT2D eigenvalue weighted by molar-refractivity contribution is 7.89. The lowest BCUT2D eigenvalue weighted by molar-refractivity contribution is -0.116. The van der Waals surface area contributed by atoms with Crippen molar-refractivity contribution in [3.63, 3.8) is 0 Å². The first-order chi connectivity index (χ1) is 13.4. The van der Waals surface area contributed by atoms with E-state index in [1.165, 1.54) is 0 Å². The number of nitrogens with one attached hydrogen (secondary N) is 1. The molecule has 1 amide bonds. The van der Waals surface area contributed by atoms with Gasteiger partial charge in [-0.25, -0.2) is 8.42 Å². The lowest BCUT2D eigenvalue weighted by Gasteiger charge is -2.34. The molecule has 6 nitrogen and oxygen atoms in total. The maximum absolute atomic E-state index is 13.3. The molecule has 28 heavy (non-hydrogen) atoms. The Hall–Kier alpha value is -2.25. The average Bonchev–Trinajstić information content (AvgIpc) is 2.68. The van der Waals surface area contributed by atoms with E-state index in [1.54, 1.807) is 41.0 Å². The van der Waals surface area contributed by atoms with Gasteiger partial charge in [0.15, 0.2) is 0 Å². The molecule has 0 saturated carbocycles. The Morgan fingerprint density at radius 3 is 2.61 bits per heavy atom. The van der Waals surface area contributed by atoms with E-state index in [9.17, 15) is 13.2 Å². The molecule has 1 aromatic heterocycles. The molecule has 1 aliphatic rings. The number of pyridine rings is 1. The number of benzene rings is 1. The van der Waals surface area contributed by atoms with Crippen LogP contribution in [0, 0.1) is 5.92 Å². The summed E-state index contributed by atoms with van der Waals surface area (Å²) in [6.45, 7) is 4.45. The number of piperidine rings is 1. The van der Waals surface area contributed by atoms with Crippen LogP contribution in [0.5, 0.6) is 0 Å². The summed E-state index contributed by atoms with van der Waals surface area (Å²) in [5.41, 5.74) is 1.52. The van der Waals surface area contributed by atoms with E-state index in [2.05, 4.69) is 10.3 Å². The third-order valence-electron chi connectivity index (χ3n) is 4.86. The molecule has 0 bridgehead atoms. The van der Waals surface area contributed by atoms with Gasteiger partial charge >= 0.3 is 0 Å². The van der Waals surface area contributed by atoms with Gasteiger partial charge in [0.2, 0.25) is 15.9 Å². The van der Waals surface area contributed by atoms with Gasteiger partial charge in [0.05, 0.1) is 10.9 Å². The van der Waals surface area contributed by atoms with Crippen molar-refractivity contribution < 1.29 is 13.2 Å². The first kappa shape index (κ1) is 20.5. The van der Waals surface area contributed by atoms with Crippen molar-refractivity contribution >= 4 is 21.6 Å². The summed E-state index contributed by atoms with van der Waals surface area (Å²) in [6.07, 6.45) is 6.49. The molecule has 1 aliphatic heterocycles. The lowest BCUT2D eigenvalue weighted by Crippen LogP contribution is -2.38. The number of amides is 1. The van der Waals surface area contributed by atoms with Crippen molar-refractivity contribution in [3.05, 3.63) is 54.4 Å². The number of carbonyl (C=O) groups excluding carboxylic acids is 1. The number of aromatic nitrogens is 1. The van der Waals surface area contributed by atoms with E-state index in [0.29, 0.717) is 18.7 Å². The molecule has 0 radical (unpaired) electrons. The molecule has 2 aromatic rings. The van der Waals surface area contributed by atoms with E-state index in [0.717, 1.165) is 24.8 Å². The summed E-state index contributed by atoms with van der Waals surface area (Å²) in [4.78, 5) is 16.3. The smallest absolute Gasteiger partial charge is 0.243 e. The number of carbonyl (C=O) groups is 1. The summed E-state index contributed by atoms with van der Waals surface area (Å²) in [5.74, 6) is 0.196. The fraction of sp³-hybridized carbons (Fsp3) is 0.429. The van der Waals surface area contributed by atoms with E-state index in [-0.39, 0.29) is 22.8 Å². The van der Waals surface area contributed by atoms with Gasteiger partial charge in [0.25, 0.3) is 0 Å². The third kappa shape index (κ3) is 4.77. The normalized spacial score (nSPS) is 18.2. The van der Waals surface area contributed by atoms with Crippen LogP contribution in [0.3, 0.4) is 0 Å². The zero-order chi connectivity index (χ0) is 20.1. The molecular weight excluding hydrogens is 374 g/mol. The second kappa shape index (κ2) is 8.84. The molecule has 150 valence electrons. The molecule has 1 atom stereocenters. The third-order valence-corrected chi connectivity index (χ3v) is 6.78. The molecule has 1 fully saturated rings. The van der Waals surface area contributed by atoms with E-state index >= 15 is 0 Å². The molecule has 1 unspecified atom stereocenters. The van der Waals surface area contributed by atoms with Crippen molar-refractivity contribution in [2.45, 2.75) is 50.5 Å². The Morgan fingerprint density at radius 2 is 1.96 bits per heavy atom. The minimum Gasteiger partial charge on any atom is -0.326 e. The van der Waals surface area contributed by atoms with Gasteiger partial charge in [-0.15, -0.1) is 0 Å². The topological polar surface area (TPSA) is 79.4 Å². The Kier molecular flexibility index (Phi) is 6.46. The number of nitrogens with zero attached hydrogens (tertiary/aromatic N) is 2. The molecule has 1 N–H and O–H groups in total. The summed E-state index contributed by atoms with van der Waals surface area (Å²) in [5, 5.41) is 2.81. The SMILES string of the molecule is CC(C)CC(=O)Nc1ccc(S(=O)(=O)N2CCCCC2c2cccnc2)cc1. The maximum atomic E-state index is 13.3. The number of hydrogen-bond donors (Lipinski definition) is 1. The van der Waals surface area contributed by atoms with Gasteiger partial charge in [-0.05, 0) is 54.7 Å². The quantitative estimate of drug-likeness (QED) is 0.794. The van der Waals surface area contributed by atoms with Crippen LogP contribution in [0.15, 0.2) is 53.7 Å². The molecule has 1 saturated heterocycles. The molecular formula is C21H27N3O3S. The van der Waals surface area contributed by atoms with Gasteiger partial charge < -0.3 is 5.32 Å². The van der Waals surface area contributed by atoms with Gasteiger partial charge in [-0.3, -0.25) is 9.78 Å². The van der Waals surface area contributed by atoms with Crippen molar-refractivity contribution in [2.75, 3.05) is 11.9 Å². The lowest BCUT2D eigenvalue weighted by atomic mass is 9.99. The standard InChI is InChI=1S/C21H27N3O3S/c1-16(2)14-21(25)23-18-8-10-19(11-9-18)28(26,27)24-13-4-3-7-20(24)17-6-5-12-22-15-17/h5-6,8-12,15-16,20H,3-4,7,13-14H2,1-2H3,(H,23,25). The molecule has 7 heteroatoms. The molecule has 0 aliphatic carbocycles. The molecule has 3 rings (SSSR count). The Bertz CT molecular complexity index is 896. The van der Waals surface area contributed by atoms with Crippen LogP contribution in [0.4, 0.5) is 5.69 Å². The zero-order valence-electron chi connectivity index (χ0n) is 16.3. The second-order valence-electron chi connectivity index (χ2n) is 7.58. The number of anilines is 1. The average molecular weight is 402 g/mol. The van der Waals surface area contributed by atoms with Crippen LogP contribution in [-0.2, 0) is 14.8 Å². The predicted octanol–water partition coefficient (Wildman–Crippen LogP) is 3.98. The van der Waals surface area contributed by atoms with Gasteiger partial charge in [-0.1, -0.05) is 26.3 Å². The first-order valence-corrected chi connectivity index (χ1v) is 11.1. The Morgan fingerprint density at radius 1 is 1.21 bits per heavy atom. The molecule has 0 spiro atoms. The highest BCUT2D eigenvalue weighted by Gasteiger charge is 2.34. The zero-order valence-corrected chi connectivity index (χ0v) is 17.2. The number of sulfonamides is 1. The van der Waals surface area contributed by atoms with Crippen LogP contribution >= 0.6 is 0 Å². The largest absolute Gasteiger partial charge is 0.326 e. The van der Waals surface area contributed by atoms with Crippen molar-refractivity contribution in [1.29, 1.82) is 0 Å². The molecule has 1 aromatic carbocycles. The Labute approximate surface area is 167 Å². The van der Waals surface area contributed by atoms with Crippen molar-refractivity contribution in [3.8, 4) is 0 Å². The van der Waals surface area contributed by atoms with Gasteiger partial charge in [0.1, 0.15) is 0 Å². The second-order valence-corrected chi connectivity index (χ2v) is 9.47. The highest BCUT2D eigenvalue weighted by atomic mass is 32.2.